The minimum Gasteiger partial charge on any atom is -0.444 e. The molecule has 0 saturated carbocycles. The van der Waals surface area contributed by atoms with Crippen molar-refractivity contribution in [2.45, 2.75) is 32.7 Å². The van der Waals surface area contributed by atoms with Crippen molar-refractivity contribution in [3.63, 3.8) is 0 Å². The highest BCUT2D eigenvalue weighted by Gasteiger charge is 2.28. The van der Waals surface area contributed by atoms with Crippen molar-refractivity contribution in [2.24, 2.45) is 11.7 Å². The second-order valence-electron chi connectivity index (χ2n) is 5.62. The third kappa shape index (κ3) is 3.71. The van der Waals surface area contributed by atoms with Gasteiger partial charge in [0.05, 0.1) is 22.5 Å². The van der Waals surface area contributed by atoms with Crippen molar-refractivity contribution in [2.75, 3.05) is 6.54 Å². The van der Waals surface area contributed by atoms with Gasteiger partial charge in [-0.05, 0) is 24.3 Å². The number of aromatic nitrogens is 1. The lowest BCUT2D eigenvalue weighted by Crippen LogP contribution is -2.55. The van der Waals surface area contributed by atoms with Crippen LogP contribution in [-0.2, 0) is 11.2 Å². The first-order valence-electron chi connectivity index (χ1n) is 6.94. The standard InChI is InChI=1S/C15H21N3O2S/c1-10(2)15(3,9-16)18-13(19)7-11-8-20-14(17-11)12-5-4-6-21-12/h4-6,8,10H,7,9,16H2,1-3H3,(H,18,19). The van der Waals surface area contributed by atoms with Gasteiger partial charge in [0.1, 0.15) is 6.26 Å². The van der Waals surface area contributed by atoms with Gasteiger partial charge in [0.2, 0.25) is 11.8 Å². The number of nitrogens with two attached hydrogens (primary N) is 1. The third-order valence-corrected chi connectivity index (χ3v) is 4.61. The Hall–Kier alpha value is -1.66. The van der Waals surface area contributed by atoms with Crippen molar-refractivity contribution in [3.8, 4) is 10.8 Å². The summed E-state index contributed by atoms with van der Waals surface area (Å²) >= 11 is 1.55. The highest BCUT2D eigenvalue weighted by atomic mass is 32.1. The molecule has 2 heterocycles. The van der Waals surface area contributed by atoms with Crippen LogP contribution in [0.25, 0.3) is 10.8 Å². The van der Waals surface area contributed by atoms with E-state index in [2.05, 4.69) is 10.3 Å². The number of hydrogen-bond donors (Lipinski definition) is 2. The number of rotatable bonds is 6. The van der Waals surface area contributed by atoms with Gasteiger partial charge in [-0.1, -0.05) is 19.9 Å². The molecule has 0 aliphatic heterocycles. The molecule has 114 valence electrons. The molecule has 2 rings (SSSR count). The van der Waals surface area contributed by atoms with Crippen LogP contribution in [0, 0.1) is 5.92 Å². The van der Waals surface area contributed by atoms with E-state index in [1.807, 2.05) is 38.3 Å². The summed E-state index contributed by atoms with van der Waals surface area (Å²) < 4.78 is 5.41. The fourth-order valence-electron chi connectivity index (χ4n) is 1.86. The molecule has 2 aromatic rings. The summed E-state index contributed by atoms with van der Waals surface area (Å²) in [4.78, 5) is 17.4. The van der Waals surface area contributed by atoms with E-state index in [-0.39, 0.29) is 18.2 Å². The molecule has 5 nitrogen and oxygen atoms in total. The van der Waals surface area contributed by atoms with E-state index >= 15 is 0 Å². The third-order valence-electron chi connectivity index (χ3n) is 3.75. The van der Waals surface area contributed by atoms with Crippen LogP contribution < -0.4 is 11.1 Å². The fourth-order valence-corrected chi connectivity index (χ4v) is 2.52. The number of oxazole rings is 1. The van der Waals surface area contributed by atoms with E-state index in [0.717, 1.165) is 4.88 Å². The van der Waals surface area contributed by atoms with Crippen LogP contribution in [-0.4, -0.2) is 23.0 Å². The van der Waals surface area contributed by atoms with E-state index in [1.165, 1.54) is 6.26 Å². The van der Waals surface area contributed by atoms with Gasteiger partial charge in [0.15, 0.2) is 0 Å². The Morgan fingerprint density at radius 1 is 1.57 bits per heavy atom. The monoisotopic (exact) mass is 307 g/mol. The zero-order valence-corrected chi connectivity index (χ0v) is 13.4. The van der Waals surface area contributed by atoms with Crippen LogP contribution in [0.4, 0.5) is 0 Å². The second kappa shape index (κ2) is 6.41. The molecule has 0 aliphatic carbocycles. The molecule has 1 atom stereocenters. The van der Waals surface area contributed by atoms with E-state index < -0.39 is 5.54 Å². The maximum atomic E-state index is 12.1. The van der Waals surface area contributed by atoms with Gasteiger partial charge in [0, 0.05) is 6.54 Å². The summed E-state index contributed by atoms with van der Waals surface area (Å²) in [5.41, 5.74) is 5.99. The lowest BCUT2D eigenvalue weighted by atomic mass is 9.88. The topological polar surface area (TPSA) is 81.1 Å². The molecule has 3 N–H and O–H groups in total. The smallest absolute Gasteiger partial charge is 0.236 e. The molecule has 0 saturated heterocycles. The molecular weight excluding hydrogens is 286 g/mol. The predicted octanol–water partition coefficient (Wildman–Crippen LogP) is 2.44. The fraction of sp³-hybridized carbons (Fsp3) is 0.467. The molecule has 6 heteroatoms. The van der Waals surface area contributed by atoms with Crippen LogP contribution in [0.3, 0.4) is 0 Å². The van der Waals surface area contributed by atoms with E-state index in [1.54, 1.807) is 11.3 Å². The van der Waals surface area contributed by atoms with E-state index in [9.17, 15) is 4.79 Å². The van der Waals surface area contributed by atoms with Crippen molar-refractivity contribution in [3.05, 3.63) is 29.5 Å². The summed E-state index contributed by atoms with van der Waals surface area (Å²) in [7, 11) is 0. The first-order valence-corrected chi connectivity index (χ1v) is 7.82. The number of nitrogens with zero attached hydrogens (tertiary/aromatic N) is 1. The molecule has 1 amide bonds. The molecule has 0 aliphatic rings. The van der Waals surface area contributed by atoms with Gasteiger partial charge in [-0.2, -0.15) is 0 Å². The van der Waals surface area contributed by atoms with Gasteiger partial charge in [-0.15, -0.1) is 11.3 Å². The number of hydrogen-bond acceptors (Lipinski definition) is 5. The molecular formula is C15H21N3O2S. The van der Waals surface area contributed by atoms with Crippen molar-refractivity contribution < 1.29 is 9.21 Å². The van der Waals surface area contributed by atoms with Crippen LogP contribution in [0.1, 0.15) is 26.5 Å². The van der Waals surface area contributed by atoms with Crippen LogP contribution in [0.15, 0.2) is 28.2 Å². The summed E-state index contributed by atoms with van der Waals surface area (Å²) in [6.45, 7) is 6.43. The lowest BCUT2D eigenvalue weighted by molar-refractivity contribution is -0.122. The Bertz CT molecular complexity index is 592. The second-order valence-corrected chi connectivity index (χ2v) is 6.57. The van der Waals surface area contributed by atoms with Crippen LogP contribution >= 0.6 is 11.3 Å². The number of nitrogens with one attached hydrogen (secondary N) is 1. The normalized spacial score (nSPS) is 14.1. The number of carbonyl (C=O) groups excluding carboxylic acids is 1. The Morgan fingerprint density at radius 3 is 2.90 bits per heavy atom. The van der Waals surface area contributed by atoms with Crippen molar-refractivity contribution >= 4 is 17.2 Å². The van der Waals surface area contributed by atoms with Crippen LogP contribution in [0.2, 0.25) is 0 Å². The quantitative estimate of drug-likeness (QED) is 0.859. The average Bonchev–Trinajstić information content (AvgIpc) is 3.08. The van der Waals surface area contributed by atoms with Gasteiger partial charge >= 0.3 is 0 Å². The first kappa shape index (κ1) is 15.7. The molecule has 0 aromatic carbocycles. The highest BCUT2D eigenvalue weighted by Crippen LogP contribution is 2.23. The summed E-state index contributed by atoms with van der Waals surface area (Å²) in [6, 6.07) is 3.87. The Balaban J connectivity index is 2.00. The molecule has 21 heavy (non-hydrogen) atoms. The maximum absolute atomic E-state index is 12.1. The number of carbonyl (C=O) groups is 1. The number of amides is 1. The van der Waals surface area contributed by atoms with Gasteiger partial charge in [-0.3, -0.25) is 4.79 Å². The minimum atomic E-state index is -0.405. The SMILES string of the molecule is CC(C)C(C)(CN)NC(=O)Cc1coc(-c2cccs2)n1. The Morgan fingerprint density at radius 2 is 2.33 bits per heavy atom. The molecule has 2 aromatic heterocycles. The predicted molar refractivity (Wildman–Crippen MR) is 84.0 cm³/mol. The van der Waals surface area contributed by atoms with Crippen molar-refractivity contribution in [1.82, 2.24) is 10.3 Å². The van der Waals surface area contributed by atoms with Crippen LogP contribution in [0.5, 0.6) is 0 Å². The van der Waals surface area contributed by atoms with Gasteiger partial charge < -0.3 is 15.5 Å². The molecule has 1 unspecified atom stereocenters. The first-order chi connectivity index (χ1) is 9.94. The van der Waals surface area contributed by atoms with E-state index in [4.69, 9.17) is 10.2 Å². The lowest BCUT2D eigenvalue weighted by Gasteiger charge is -2.33. The molecule has 0 radical (unpaired) electrons. The maximum Gasteiger partial charge on any atom is 0.236 e. The Kier molecular flexibility index (Phi) is 4.80. The zero-order chi connectivity index (χ0) is 15.5. The summed E-state index contributed by atoms with van der Waals surface area (Å²) in [5, 5.41) is 4.95. The highest BCUT2D eigenvalue weighted by molar-refractivity contribution is 7.13. The zero-order valence-electron chi connectivity index (χ0n) is 12.6. The summed E-state index contributed by atoms with van der Waals surface area (Å²) in [6.07, 6.45) is 1.72. The minimum absolute atomic E-state index is 0.0947. The molecule has 0 fully saturated rings. The van der Waals surface area contributed by atoms with Gasteiger partial charge in [0.25, 0.3) is 0 Å². The van der Waals surface area contributed by atoms with E-state index in [0.29, 0.717) is 18.1 Å². The summed E-state index contributed by atoms with van der Waals surface area (Å²) in [5.74, 6) is 0.714. The molecule has 0 spiro atoms. The average molecular weight is 307 g/mol. The molecule has 0 bridgehead atoms. The number of thiophene rings is 1. The van der Waals surface area contributed by atoms with Crippen molar-refractivity contribution in [1.29, 1.82) is 0 Å². The Labute approximate surface area is 128 Å². The largest absolute Gasteiger partial charge is 0.444 e. The van der Waals surface area contributed by atoms with Gasteiger partial charge in [-0.25, -0.2) is 4.98 Å².